The number of hydrogen-bond donors (Lipinski definition) is 4. The molecule has 0 aromatic heterocycles. The van der Waals surface area contributed by atoms with Crippen LogP contribution < -0.4 is 56.9 Å². The molecule has 39 heteroatoms. The molecule has 0 bridgehead atoms. The van der Waals surface area contributed by atoms with E-state index in [1.807, 2.05) is 5.32 Å². The van der Waals surface area contributed by atoms with Crippen molar-refractivity contribution in [1.82, 2.24) is 15.7 Å². The first-order chi connectivity index (χ1) is 28.4. The topological polar surface area (TPSA) is 566 Å². The third kappa shape index (κ3) is 38.6. The van der Waals surface area contributed by atoms with Crippen LogP contribution in [-0.2, 0) is 99.2 Å². The molecule has 1 aliphatic heterocycles. The number of carbonyl (C=O) groups excluding carboxylic acids is 6. The van der Waals surface area contributed by atoms with Crippen LogP contribution in [0.25, 0.3) is 0 Å². The van der Waals surface area contributed by atoms with Gasteiger partial charge in [0.1, 0.15) is 46.1 Å². The number of nitrogens with one attached hydrogen (secondary N) is 2. The van der Waals surface area contributed by atoms with Gasteiger partial charge >= 0.3 is 35.5 Å². The number of imide groups is 1. The summed E-state index contributed by atoms with van der Waals surface area (Å²) in [6, 6.07) is 0. The minimum absolute atomic E-state index is 0. The zero-order valence-corrected chi connectivity index (χ0v) is 40.7. The Labute approximate surface area is 390 Å². The molecular formula is C25H44N5NaO27S6-6. The van der Waals surface area contributed by atoms with Gasteiger partial charge in [0.25, 0.3) is 18.3 Å². The molecule has 3 unspecified atom stereocenters. The molecule has 1 aliphatic rings. The van der Waals surface area contributed by atoms with Crippen LogP contribution in [0.4, 0.5) is 0 Å². The molecule has 1 fully saturated rings. The summed E-state index contributed by atoms with van der Waals surface area (Å²) in [6.45, 7) is 1.66. The average Bonchev–Trinajstić information content (AvgIpc) is 3.42. The normalized spacial score (nSPS) is 14.3. The Morgan fingerprint density at radius 2 is 0.953 bits per heavy atom. The van der Waals surface area contributed by atoms with E-state index in [0.29, 0.717) is 0 Å². The summed E-state index contributed by atoms with van der Waals surface area (Å²) in [5.41, 5.74) is 9.88. The van der Waals surface area contributed by atoms with E-state index in [1.54, 1.807) is 0 Å². The number of nitrogens with two attached hydrogens (primary N) is 2. The summed E-state index contributed by atoms with van der Waals surface area (Å²) in [5.74, 6) is -6.66. The molecular weight excluding hydrogens is 1020 g/mol. The van der Waals surface area contributed by atoms with Crippen LogP contribution in [0, 0.1) is 0 Å². The number of nitrogens with zero attached hydrogens (tertiary/aromatic N) is 1. The second-order valence-electron chi connectivity index (χ2n) is 11.4. The van der Waals surface area contributed by atoms with E-state index in [-0.39, 0.29) is 111 Å². The predicted molar refractivity (Wildman–Crippen MR) is 197 cm³/mol. The maximum absolute atomic E-state index is 11.3. The van der Waals surface area contributed by atoms with E-state index in [4.69, 9.17) is 21.5 Å². The molecule has 0 spiro atoms. The number of amides is 4. The molecule has 374 valence electrons. The summed E-state index contributed by atoms with van der Waals surface area (Å²) in [6.07, 6.45) is -0.717. The van der Waals surface area contributed by atoms with Gasteiger partial charge in [0.15, 0.2) is 0 Å². The van der Waals surface area contributed by atoms with Crippen LogP contribution in [0.3, 0.4) is 0 Å². The van der Waals surface area contributed by atoms with Crippen molar-refractivity contribution in [3.63, 3.8) is 0 Å². The minimum Gasteiger partial charge on any atom is -0.748 e. The molecule has 1 saturated heterocycles. The Morgan fingerprint density at radius 1 is 0.641 bits per heavy atom. The third-order valence-electron chi connectivity index (χ3n) is 6.41. The van der Waals surface area contributed by atoms with E-state index in [2.05, 4.69) is 15.0 Å². The Kier molecular flexibility index (Phi) is 37.1. The fourth-order valence-electron chi connectivity index (χ4n) is 3.58. The Hall–Kier alpha value is -2.64. The third-order valence-corrected chi connectivity index (χ3v) is 12.4. The smallest absolute Gasteiger partial charge is 0.748 e. The van der Waals surface area contributed by atoms with Crippen molar-refractivity contribution in [3.05, 3.63) is 0 Å². The number of rotatable bonds is 22. The molecule has 0 radical (unpaired) electrons. The fourth-order valence-corrected chi connectivity index (χ4v) is 7.12. The SMILES string of the molecule is CCC(C(=O)NCCCS(=O)(=O)[O-])S(=O)(=O)[O-].CCC(C(=O)ON1C(=O)CCC1=O)S(=O)(=O)[O-].NCC(C(=O)NCCCS(=O)(=O)[O-])S(=O)(=O)[O-].NCCCS(=O)(=O)[O-].O=CO[O-].[Na+]. The van der Waals surface area contributed by atoms with E-state index < -0.39 is 124 Å². The molecule has 0 aromatic rings. The van der Waals surface area contributed by atoms with Gasteiger partial charge in [0.05, 0.1) is 30.4 Å². The van der Waals surface area contributed by atoms with Crippen LogP contribution in [0.5, 0.6) is 0 Å². The molecule has 0 saturated carbocycles. The van der Waals surface area contributed by atoms with Gasteiger partial charge in [0, 0.05) is 49.7 Å². The van der Waals surface area contributed by atoms with E-state index in [1.165, 1.54) is 13.8 Å². The van der Waals surface area contributed by atoms with Gasteiger partial charge in [-0.25, -0.2) is 55.3 Å². The first kappa shape index (κ1) is 70.4. The molecule has 1 heterocycles. The van der Waals surface area contributed by atoms with Crippen LogP contribution in [0.2, 0.25) is 0 Å². The predicted octanol–water partition coefficient (Wildman–Crippen LogP) is -11.5. The Morgan fingerprint density at radius 3 is 1.19 bits per heavy atom. The second-order valence-corrected chi connectivity index (χ2v) is 20.6. The van der Waals surface area contributed by atoms with Crippen molar-refractivity contribution in [2.45, 2.75) is 74.5 Å². The van der Waals surface area contributed by atoms with Crippen molar-refractivity contribution in [2.24, 2.45) is 11.5 Å². The fraction of sp³-hybridized carbons (Fsp3) is 0.760. The summed E-state index contributed by atoms with van der Waals surface area (Å²) >= 11 is 0. The van der Waals surface area contributed by atoms with Crippen molar-refractivity contribution < 1.29 is 151 Å². The molecule has 0 aromatic carbocycles. The van der Waals surface area contributed by atoms with E-state index in [9.17, 15) is 102 Å². The maximum atomic E-state index is 11.3. The summed E-state index contributed by atoms with van der Waals surface area (Å²) in [5, 5.41) is 7.23. The molecule has 3 atom stereocenters. The Balaban J connectivity index is -0.000000239. The van der Waals surface area contributed by atoms with Crippen molar-refractivity contribution >= 4 is 96.8 Å². The molecule has 32 nitrogen and oxygen atoms in total. The zero-order valence-electron chi connectivity index (χ0n) is 33.8. The summed E-state index contributed by atoms with van der Waals surface area (Å²) in [7, 11) is -27.2. The quantitative estimate of drug-likeness (QED) is 0.0149. The van der Waals surface area contributed by atoms with Crippen LogP contribution in [0.15, 0.2) is 0 Å². The number of hydrogen-bond acceptors (Lipinski definition) is 29. The van der Waals surface area contributed by atoms with E-state index >= 15 is 0 Å². The van der Waals surface area contributed by atoms with Crippen LogP contribution in [0.1, 0.15) is 58.8 Å². The molecule has 4 amide bonds. The molecule has 64 heavy (non-hydrogen) atoms. The minimum atomic E-state index is -4.86. The van der Waals surface area contributed by atoms with Gasteiger partial charge < -0.3 is 64.4 Å². The van der Waals surface area contributed by atoms with Gasteiger partial charge in [-0.15, -0.1) is 5.06 Å². The second kappa shape index (κ2) is 33.8. The van der Waals surface area contributed by atoms with Crippen molar-refractivity contribution in [3.8, 4) is 0 Å². The first-order valence-corrected chi connectivity index (χ1v) is 25.9. The van der Waals surface area contributed by atoms with E-state index in [0.717, 1.165) is 0 Å². The summed E-state index contributed by atoms with van der Waals surface area (Å²) in [4.78, 5) is 71.4. The van der Waals surface area contributed by atoms with Gasteiger partial charge in [-0.3, -0.25) is 24.0 Å². The standard InChI is InChI=1S/C8H11NO7S.C7H15NO7S2.C6H14N2O7S2.C3H9NO3S.CH2O3.Na/c1-2-5(17(13,14)15)8(12)16-9-6(10)3-4-7(9)11;1-2-6(17(13,14)15)7(9)8-4-3-5-16(10,11)12;7-4-5(17(13,14)15)6(9)8-2-1-3-16(10,11)12;4-2-1-3-8(5,6)7;2-1-4-3;/h5H,2-4H2,1H3,(H,13,14,15);6H,2-5H2,1H3,(H,8,9)(H,10,11,12)(H,13,14,15);5H,1-4,7H2,(H,8,9)(H,10,11,12)(H,13,14,15);1-4H2,(H,5,6,7);1,3H;/q;;;;;+1/p-7. The van der Waals surface area contributed by atoms with Crippen LogP contribution >= 0.6 is 0 Å². The maximum Gasteiger partial charge on any atom is 1.00 e. The zero-order chi connectivity index (χ0) is 50.6. The van der Waals surface area contributed by atoms with Gasteiger partial charge in [-0.1, -0.05) is 13.8 Å². The van der Waals surface area contributed by atoms with Gasteiger partial charge in [0.2, 0.25) is 11.8 Å². The van der Waals surface area contributed by atoms with Crippen molar-refractivity contribution in [2.75, 3.05) is 43.4 Å². The number of carbonyl (C=O) groups is 6. The molecule has 0 aliphatic carbocycles. The molecule has 1 rings (SSSR count). The Bertz CT molecular complexity index is 2050. The first-order valence-electron chi connectivity index (χ1n) is 16.8. The number of hydroxylamine groups is 2. The van der Waals surface area contributed by atoms with Crippen LogP contribution in [-0.4, -0.2) is 178 Å². The van der Waals surface area contributed by atoms with Gasteiger partial charge in [-0.2, -0.15) is 0 Å². The largest absolute Gasteiger partial charge is 1.00 e. The summed E-state index contributed by atoms with van der Waals surface area (Å²) < 4.78 is 186. The van der Waals surface area contributed by atoms with Crippen molar-refractivity contribution in [1.29, 1.82) is 0 Å². The average molecular weight is 1060 g/mol. The van der Waals surface area contributed by atoms with Gasteiger partial charge in [-0.05, 0) is 38.6 Å². The monoisotopic (exact) mass is 1060 g/mol. The molecule has 6 N–H and O–H groups in total.